The highest BCUT2D eigenvalue weighted by molar-refractivity contribution is 5.80. The van der Waals surface area contributed by atoms with Crippen molar-refractivity contribution in [2.24, 2.45) is 0 Å². The number of rotatable bonds is 3. The van der Waals surface area contributed by atoms with Gasteiger partial charge in [-0.3, -0.25) is 0 Å². The summed E-state index contributed by atoms with van der Waals surface area (Å²) in [6, 6.07) is 6.45. The minimum Gasteiger partial charge on any atom is -0.497 e. The Hall–Kier alpha value is -1.75. The molecule has 20 heavy (non-hydrogen) atoms. The minimum absolute atomic E-state index is 0.367. The summed E-state index contributed by atoms with van der Waals surface area (Å²) in [5, 5.41) is 0. The van der Waals surface area contributed by atoms with Gasteiger partial charge >= 0.3 is 0 Å². The molecule has 0 amide bonds. The van der Waals surface area contributed by atoms with Gasteiger partial charge in [-0.25, -0.2) is 4.98 Å². The number of fused-ring (bicyclic) bond motifs is 1. The van der Waals surface area contributed by atoms with Crippen molar-refractivity contribution < 1.29 is 9.47 Å². The highest BCUT2D eigenvalue weighted by atomic mass is 16.5. The summed E-state index contributed by atoms with van der Waals surface area (Å²) in [4.78, 5) is 7.12. The van der Waals surface area contributed by atoms with Crippen molar-refractivity contribution in [3.05, 3.63) is 18.2 Å². The number of ether oxygens (including phenoxy) is 2. The van der Waals surface area contributed by atoms with Gasteiger partial charge in [0.1, 0.15) is 5.75 Å². The van der Waals surface area contributed by atoms with Crippen LogP contribution >= 0.6 is 0 Å². The molecule has 2 heterocycles. The smallest absolute Gasteiger partial charge is 0.206 e. The third-order valence-corrected chi connectivity index (χ3v) is 3.69. The van der Waals surface area contributed by atoms with Crippen molar-refractivity contribution >= 4 is 17.0 Å². The van der Waals surface area contributed by atoms with Gasteiger partial charge in [-0.1, -0.05) is 0 Å². The van der Waals surface area contributed by atoms with Crippen LogP contribution in [0.25, 0.3) is 11.0 Å². The maximum absolute atomic E-state index is 5.43. The molecule has 2 aromatic rings. The SMILES string of the molecule is COc1ccc2c(c1)nc(N1CCOCC1)n2C(C)C. The quantitative estimate of drug-likeness (QED) is 0.862. The molecule has 0 saturated carbocycles. The highest BCUT2D eigenvalue weighted by Gasteiger charge is 2.21. The Morgan fingerprint density at radius 3 is 2.65 bits per heavy atom. The van der Waals surface area contributed by atoms with Gasteiger partial charge in [-0.15, -0.1) is 0 Å². The Balaban J connectivity index is 2.11. The van der Waals surface area contributed by atoms with Crippen LogP contribution in [0.5, 0.6) is 5.75 Å². The monoisotopic (exact) mass is 275 g/mol. The van der Waals surface area contributed by atoms with E-state index < -0.39 is 0 Å². The van der Waals surface area contributed by atoms with Crippen molar-refractivity contribution in [1.29, 1.82) is 0 Å². The molecule has 108 valence electrons. The maximum Gasteiger partial charge on any atom is 0.206 e. The molecule has 0 radical (unpaired) electrons. The number of nitrogens with zero attached hydrogens (tertiary/aromatic N) is 3. The fourth-order valence-electron chi connectivity index (χ4n) is 2.69. The van der Waals surface area contributed by atoms with Crippen molar-refractivity contribution in [2.75, 3.05) is 38.3 Å². The molecule has 1 aromatic heterocycles. The Morgan fingerprint density at radius 2 is 2.00 bits per heavy atom. The number of hydrogen-bond acceptors (Lipinski definition) is 4. The fourth-order valence-corrected chi connectivity index (χ4v) is 2.69. The predicted octanol–water partition coefficient (Wildman–Crippen LogP) is 2.46. The molecule has 0 spiro atoms. The lowest BCUT2D eigenvalue weighted by Gasteiger charge is -2.29. The summed E-state index contributed by atoms with van der Waals surface area (Å²) < 4.78 is 13.0. The number of benzene rings is 1. The largest absolute Gasteiger partial charge is 0.497 e. The van der Waals surface area contributed by atoms with Crippen molar-refractivity contribution in [3.8, 4) is 5.75 Å². The van der Waals surface area contributed by atoms with Gasteiger partial charge < -0.3 is 18.9 Å². The van der Waals surface area contributed by atoms with Crippen LogP contribution in [-0.4, -0.2) is 43.0 Å². The lowest BCUT2D eigenvalue weighted by atomic mass is 10.3. The number of methoxy groups -OCH3 is 1. The van der Waals surface area contributed by atoms with Gasteiger partial charge in [0.05, 0.1) is 31.4 Å². The number of morpholine rings is 1. The van der Waals surface area contributed by atoms with E-state index in [1.54, 1.807) is 7.11 Å². The first-order valence-corrected chi connectivity index (χ1v) is 7.09. The summed E-state index contributed by atoms with van der Waals surface area (Å²) in [5.41, 5.74) is 2.14. The van der Waals surface area contributed by atoms with Crippen LogP contribution in [0.15, 0.2) is 18.2 Å². The Kier molecular flexibility index (Phi) is 3.53. The lowest BCUT2D eigenvalue weighted by molar-refractivity contribution is 0.121. The number of aromatic nitrogens is 2. The number of anilines is 1. The molecule has 1 saturated heterocycles. The fraction of sp³-hybridized carbons (Fsp3) is 0.533. The van der Waals surface area contributed by atoms with Crippen LogP contribution in [0.3, 0.4) is 0 Å². The van der Waals surface area contributed by atoms with E-state index >= 15 is 0 Å². The summed E-state index contributed by atoms with van der Waals surface area (Å²) >= 11 is 0. The Bertz CT molecular complexity index is 600. The second-order valence-electron chi connectivity index (χ2n) is 5.33. The normalized spacial score (nSPS) is 16.1. The van der Waals surface area contributed by atoms with Gasteiger partial charge in [0.25, 0.3) is 0 Å². The van der Waals surface area contributed by atoms with Gasteiger partial charge in [0, 0.05) is 25.2 Å². The third-order valence-electron chi connectivity index (χ3n) is 3.69. The second kappa shape index (κ2) is 5.32. The molecule has 5 nitrogen and oxygen atoms in total. The molecule has 5 heteroatoms. The molecule has 0 atom stereocenters. The summed E-state index contributed by atoms with van der Waals surface area (Å²) in [7, 11) is 1.68. The van der Waals surface area contributed by atoms with E-state index in [9.17, 15) is 0 Å². The molecule has 3 rings (SSSR count). The summed E-state index contributed by atoms with van der Waals surface area (Å²) in [6.07, 6.45) is 0. The van der Waals surface area contributed by atoms with Crippen LogP contribution in [0.2, 0.25) is 0 Å². The molecule has 1 aliphatic heterocycles. The molecule has 1 aliphatic rings. The zero-order valence-electron chi connectivity index (χ0n) is 12.3. The van der Waals surface area contributed by atoms with E-state index in [-0.39, 0.29) is 0 Å². The van der Waals surface area contributed by atoms with E-state index in [0.717, 1.165) is 49.0 Å². The first-order valence-electron chi connectivity index (χ1n) is 7.09. The molecule has 0 N–H and O–H groups in total. The zero-order valence-corrected chi connectivity index (χ0v) is 12.3. The molecule has 0 unspecified atom stereocenters. The Labute approximate surface area is 119 Å². The van der Waals surface area contributed by atoms with Crippen molar-refractivity contribution in [3.63, 3.8) is 0 Å². The van der Waals surface area contributed by atoms with Gasteiger partial charge in [-0.2, -0.15) is 0 Å². The van der Waals surface area contributed by atoms with Crippen LogP contribution < -0.4 is 9.64 Å². The van der Waals surface area contributed by atoms with Crippen LogP contribution in [0.1, 0.15) is 19.9 Å². The van der Waals surface area contributed by atoms with Crippen LogP contribution in [0.4, 0.5) is 5.95 Å². The number of hydrogen-bond donors (Lipinski definition) is 0. The van der Waals surface area contributed by atoms with Gasteiger partial charge in [0.15, 0.2) is 0 Å². The van der Waals surface area contributed by atoms with E-state index in [4.69, 9.17) is 14.5 Å². The third kappa shape index (κ3) is 2.22. The van der Waals surface area contributed by atoms with Crippen LogP contribution in [-0.2, 0) is 4.74 Å². The standard InChI is InChI=1S/C15H21N3O2/c1-11(2)18-14-5-4-12(19-3)10-13(14)16-15(18)17-6-8-20-9-7-17/h4-5,10-11H,6-9H2,1-3H3. The van der Waals surface area contributed by atoms with Crippen molar-refractivity contribution in [2.45, 2.75) is 19.9 Å². The molecule has 0 aliphatic carbocycles. The van der Waals surface area contributed by atoms with Crippen LogP contribution in [0, 0.1) is 0 Å². The first kappa shape index (κ1) is 13.2. The Morgan fingerprint density at radius 1 is 1.25 bits per heavy atom. The average molecular weight is 275 g/mol. The topological polar surface area (TPSA) is 39.5 Å². The molecule has 1 aromatic carbocycles. The predicted molar refractivity (Wildman–Crippen MR) is 79.7 cm³/mol. The molecule has 1 fully saturated rings. The van der Waals surface area contributed by atoms with E-state index in [2.05, 4.69) is 29.4 Å². The van der Waals surface area contributed by atoms with Gasteiger partial charge in [-0.05, 0) is 26.0 Å². The summed E-state index contributed by atoms with van der Waals surface area (Å²) in [5.74, 6) is 1.88. The zero-order chi connectivity index (χ0) is 14.1. The average Bonchev–Trinajstić information content (AvgIpc) is 2.86. The second-order valence-corrected chi connectivity index (χ2v) is 5.33. The highest BCUT2D eigenvalue weighted by Crippen LogP contribution is 2.29. The molecule has 0 bridgehead atoms. The number of imidazole rings is 1. The van der Waals surface area contributed by atoms with E-state index in [1.807, 2.05) is 12.1 Å². The van der Waals surface area contributed by atoms with E-state index in [0.29, 0.717) is 6.04 Å². The summed E-state index contributed by atoms with van der Waals surface area (Å²) in [6.45, 7) is 7.71. The minimum atomic E-state index is 0.367. The molecular weight excluding hydrogens is 254 g/mol. The van der Waals surface area contributed by atoms with E-state index in [1.165, 1.54) is 0 Å². The van der Waals surface area contributed by atoms with Crippen molar-refractivity contribution in [1.82, 2.24) is 9.55 Å². The first-order chi connectivity index (χ1) is 9.70. The molecular formula is C15H21N3O2. The lowest BCUT2D eigenvalue weighted by Crippen LogP contribution is -2.38. The van der Waals surface area contributed by atoms with Gasteiger partial charge in [0.2, 0.25) is 5.95 Å². The maximum atomic E-state index is 5.43.